The monoisotopic (exact) mass is 281 g/mol. The number of rotatable bonds is 6. The second kappa shape index (κ2) is 6.41. The van der Waals surface area contributed by atoms with Crippen molar-refractivity contribution >= 4 is 22.7 Å². The van der Waals surface area contributed by atoms with Crippen molar-refractivity contribution in [1.82, 2.24) is 15.3 Å². The van der Waals surface area contributed by atoms with Gasteiger partial charge in [-0.05, 0) is 18.9 Å². The van der Waals surface area contributed by atoms with Crippen LogP contribution in [0, 0.1) is 0 Å². The van der Waals surface area contributed by atoms with E-state index in [4.69, 9.17) is 4.98 Å². The lowest BCUT2D eigenvalue weighted by molar-refractivity contribution is 0.590. The molecule has 0 bridgehead atoms. The van der Waals surface area contributed by atoms with Crippen LogP contribution in [0.3, 0.4) is 0 Å². The van der Waals surface area contributed by atoms with E-state index in [0.717, 1.165) is 23.0 Å². The molecule has 2 aromatic heterocycles. The molecule has 2 aromatic rings. The molecule has 2 rings (SSSR count). The standard InChI is InChI=1S/C13H19N3S2/c1-4-5-14-11(12-15-6-7-17-12)13-16-10(8-18-13)9(2)3/h6-9,11,14H,4-5H2,1-3H3. The van der Waals surface area contributed by atoms with Crippen LogP contribution in [-0.4, -0.2) is 16.5 Å². The van der Waals surface area contributed by atoms with E-state index in [-0.39, 0.29) is 6.04 Å². The van der Waals surface area contributed by atoms with Crippen LogP contribution in [-0.2, 0) is 0 Å². The van der Waals surface area contributed by atoms with E-state index >= 15 is 0 Å². The third-order valence-electron chi connectivity index (χ3n) is 2.68. The zero-order valence-electron chi connectivity index (χ0n) is 11.0. The maximum absolute atomic E-state index is 4.74. The van der Waals surface area contributed by atoms with Gasteiger partial charge in [0.15, 0.2) is 0 Å². The van der Waals surface area contributed by atoms with Crippen molar-refractivity contribution in [2.75, 3.05) is 6.54 Å². The highest BCUT2D eigenvalue weighted by Crippen LogP contribution is 2.28. The Bertz CT molecular complexity index is 462. The highest BCUT2D eigenvalue weighted by molar-refractivity contribution is 7.11. The molecule has 5 heteroatoms. The van der Waals surface area contributed by atoms with Gasteiger partial charge in [0.05, 0.1) is 5.69 Å². The summed E-state index contributed by atoms with van der Waals surface area (Å²) < 4.78 is 0. The molecule has 0 fully saturated rings. The van der Waals surface area contributed by atoms with Crippen molar-refractivity contribution in [3.05, 3.63) is 32.7 Å². The first kappa shape index (κ1) is 13.6. The molecule has 98 valence electrons. The molecule has 0 spiro atoms. The fraction of sp³-hybridized carbons (Fsp3) is 0.538. The zero-order chi connectivity index (χ0) is 13.0. The highest BCUT2D eigenvalue weighted by Gasteiger charge is 2.20. The SMILES string of the molecule is CCCNC(c1nccs1)c1nc(C(C)C)cs1. The Morgan fingerprint density at radius 3 is 2.67 bits per heavy atom. The Morgan fingerprint density at radius 1 is 1.28 bits per heavy atom. The van der Waals surface area contributed by atoms with E-state index < -0.39 is 0 Å². The zero-order valence-corrected chi connectivity index (χ0v) is 12.6. The third kappa shape index (κ3) is 3.16. The van der Waals surface area contributed by atoms with Gasteiger partial charge in [0.2, 0.25) is 0 Å². The minimum absolute atomic E-state index is 0.155. The number of thiazole rings is 2. The topological polar surface area (TPSA) is 37.8 Å². The summed E-state index contributed by atoms with van der Waals surface area (Å²) in [7, 11) is 0. The van der Waals surface area contributed by atoms with Crippen LogP contribution in [0.15, 0.2) is 17.0 Å². The molecule has 0 aliphatic rings. The first-order valence-corrected chi connectivity index (χ1v) is 8.06. The molecular formula is C13H19N3S2. The Labute approximate surface area is 116 Å². The number of nitrogens with zero attached hydrogens (tertiary/aromatic N) is 2. The number of hydrogen-bond acceptors (Lipinski definition) is 5. The number of aromatic nitrogens is 2. The molecule has 18 heavy (non-hydrogen) atoms. The van der Waals surface area contributed by atoms with E-state index in [1.165, 1.54) is 5.69 Å². The summed E-state index contributed by atoms with van der Waals surface area (Å²) >= 11 is 3.41. The van der Waals surface area contributed by atoms with Gasteiger partial charge < -0.3 is 5.32 Å². The predicted octanol–water partition coefficient (Wildman–Crippen LogP) is 3.81. The van der Waals surface area contributed by atoms with E-state index in [1.54, 1.807) is 22.7 Å². The summed E-state index contributed by atoms with van der Waals surface area (Å²) in [5.74, 6) is 0.484. The Kier molecular flexibility index (Phi) is 4.86. The van der Waals surface area contributed by atoms with Gasteiger partial charge in [0.25, 0.3) is 0 Å². The summed E-state index contributed by atoms with van der Waals surface area (Å²) in [4.78, 5) is 9.16. The van der Waals surface area contributed by atoms with Crippen molar-refractivity contribution in [2.45, 2.75) is 39.2 Å². The highest BCUT2D eigenvalue weighted by atomic mass is 32.1. The van der Waals surface area contributed by atoms with Crippen LogP contribution < -0.4 is 5.32 Å². The largest absolute Gasteiger partial charge is 0.302 e. The van der Waals surface area contributed by atoms with Crippen LogP contribution in [0.5, 0.6) is 0 Å². The van der Waals surface area contributed by atoms with Gasteiger partial charge >= 0.3 is 0 Å². The predicted molar refractivity (Wildman–Crippen MR) is 78.5 cm³/mol. The lowest BCUT2D eigenvalue weighted by Crippen LogP contribution is -2.23. The molecule has 0 saturated heterocycles. The van der Waals surface area contributed by atoms with Crippen LogP contribution in [0.1, 0.15) is 54.9 Å². The normalized spacial score (nSPS) is 13.1. The van der Waals surface area contributed by atoms with Crippen molar-refractivity contribution < 1.29 is 0 Å². The van der Waals surface area contributed by atoms with Crippen LogP contribution in [0.25, 0.3) is 0 Å². The van der Waals surface area contributed by atoms with E-state index in [1.807, 2.05) is 11.6 Å². The van der Waals surface area contributed by atoms with Crippen molar-refractivity contribution in [2.24, 2.45) is 0 Å². The molecule has 0 amide bonds. The van der Waals surface area contributed by atoms with Crippen LogP contribution in [0.4, 0.5) is 0 Å². The van der Waals surface area contributed by atoms with E-state index in [0.29, 0.717) is 5.92 Å². The van der Waals surface area contributed by atoms with Crippen LogP contribution >= 0.6 is 22.7 Å². The van der Waals surface area contributed by atoms with E-state index in [9.17, 15) is 0 Å². The molecule has 1 atom stereocenters. The average Bonchev–Trinajstić information content (AvgIpc) is 3.00. The Hall–Kier alpha value is -0.780. The van der Waals surface area contributed by atoms with Gasteiger partial charge in [0.1, 0.15) is 16.1 Å². The minimum Gasteiger partial charge on any atom is -0.302 e. The lowest BCUT2D eigenvalue weighted by Gasteiger charge is -2.13. The summed E-state index contributed by atoms with van der Waals surface area (Å²) in [6, 6.07) is 0.155. The second-order valence-electron chi connectivity index (χ2n) is 4.52. The number of nitrogens with one attached hydrogen (secondary N) is 1. The fourth-order valence-electron chi connectivity index (χ4n) is 1.64. The van der Waals surface area contributed by atoms with Gasteiger partial charge in [-0.2, -0.15) is 0 Å². The smallest absolute Gasteiger partial charge is 0.117 e. The van der Waals surface area contributed by atoms with Gasteiger partial charge in [0, 0.05) is 17.0 Å². The Morgan fingerprint density at radius 2 is 2.11 bits per heavy atom. The summed E-state index contributed by atoms with van der Waals surface area (Å²) in [5.41, 5.74) is 1.18. The first-order chi connectivity index (χ1) is 8.72. The molecule has 0 aliphatic carbocycles. The average molecular weight is 281 g/mol. The summed E-state index contributed by atoms with van der Waals surface area (Å²) in [6.45, 7) is 7.52. The van der Waals surface area contributed by atoms with Gasteiger partial charge in [-0.15, -0.1) is 22.7 Å². The second-order valence-corrected chi connectivity index (χ2v) is 6.34. The van der Waals surface area contributed by atoms with Gasteiger partial charge in [-0.25, -0.2) is 9.97 Å². The molecule has 1 N–H and O–H groups in total. The third-order valence-corrected chi connectivity index (χ3v) is 4.44. The molecular weight excluding hydrogens is 262 g/mol. The lowest BCUT2D eigenvalue weighted by atomic mass is 10.2. The fourth-order valence-corrected chi connectivity index (χ4v) is 3.49. The molecule has 0 radical (unpaired) electrons. The molecule has 0 saturated carbocycles. The van der Waals surface area contributed by atoms with Gasteiger partial charge in [-0.3, -0.25) is 0 Å². The first-order valence-electron chi connectivity index (χ1n) is 6.30. The minimum atomic E-state index is 0.155. The van der Waals surface area contributed by atoms with Crippen molar-refractivity contribution in [3.63, 3.8) is 0 Å². The Balaban J connectivity index is 2.22. The molecule has 0 aliphatic heterocycles. The summed E-state index contributed by atoms with van der Waals surface area (Å²) in [5, 5.41) is 9.95. The van der Waals surface area contributed by atoms with Crippen molar-refractivity contribution in [3.8, 4) is 0 Å². The van der Waals surface area contributed by atoms with E-state index in [2.05, 4.69) is 36.5 Å². The maximum atomic E-state index is 4.74. The van der Waals surface area contributed by atoms with Gasteiger partial charge in [-0.1, -0.05) is 20.8 Å². The molecule has 0 aromatic carbocycles. The summed E-state index contributed by atoms with van der Waals surface area (Å²) in [6.07, 6.45) is 2.97. The molecule has 3 nitrogen and oxygen atoms in total. The maximum Gasteiger partial charge on any atom is 0.117 e. The number of hydrogen-bond donors (Lipinski definition) is 1. The van der Waals surface area contributed by atoms with Crippen molar-refractivity contribution in [1.29, 1.82) is 0 Å². The van der Waals surface area contributed by atoms with Crippen LogP contribution in [0.2, 0.25) is 0 Å². The molecule has 2 heterocycles. The quantitative estimate of drug-likeness (QED) is 0.875. The molecule has 1 unspecified atom stereocenters.